The van der Waals surface area contributed by atoms with Crippen LogP contribution in [0, 0.1) is 16.0 Å². The zero-order valence-corrected chi connectivity index (χ0v) is 22.2. The lowest BCUT2D eigenvalue weighted by Gasteiger charge is -2.38. The van der Waals surface area contributed by atoms with E-state index in [9.17, 15) is 37.7 Å². The number of carboxylic acid groups (broad SMARTS) is 2. The normalized spacial score (nSPS) is 17.6. The zero-order valence-electron chi connectivity index (χ0n) is 21.4. The molecule has 0 unspecified atom stereocenters. The molecule has 0 amide bonds. The van der Waals surface area contributed by atoms with Crippen LogP contribution in [-0.4, -0.2) is 75.9 Å². The van der Waals surface area contributed by atoms with Crippen molar-refractivity contribution < 1.29 is 43.0 Å². The molecule has 1 aromatic heterocycles. The maximum absolute atomic E-state index is 13.1. The Morgan fingerprint density at radius 1 is 1.07 bits per heavy atom. The fraction of sp³-hybridized carbons (Fsp3) is 0.560. The predicted molar refractivity (Wildman–Crippen MR) is 141 cm³/mol. The van der Waals surface area contributed by atoms with Crippen LogP contribution < -0.4 is 10.3 Å². The van der Waals surface area contributed by atoms with Crippen LogP contribution in [0.3, 0.4) is 0 Å². The van der Waals surface area contributed by atoms with E-state index in [2.05, 4.69) is 4.90 Å². The van der Waals surface area contributed by atoms with E-state index in [1.54, 1.807) is 0 Å². The van der Waals surface area contributed by atoms with E-state index in [4.69, 9.17) is 15.3 Å². The third-order valence-corrected chi connectivity index (χ3v) is 8.12. The minimum atomic E-state index is -4.76. The van der Waals surface area contributed by atoms with Crippen molar-refractivity contribution in [3.63, 3.8) is 0 Å². The van der Waals surface area contributed by atoms with Gasteiger partial charge in [0, 0.05) is 50.2 Å². The van der Waals surface area contributed by atoms with Gasteiger partial charge in [-0.05, 0) is 24.8 Å². The van der Waals surface area contributed by atoms with Gasteiger partial charge in [-0.25, -0.2) is 4.79 Å². The second-order valence-corrected chi connectivity index (χ2v) is 10.9. The second-order valence-electron chi connectivity index (χ2n) is 9.82. The minimum absolute atomic E-state index is 0.00913. The Morgan fingerprint density at radius 2 is 1.70 bits per heavy atom. The lowest BCUT2D eigenvalue weighted by Crippen LogP contribution is -2.48. The number of nitro groups is 1. The quantitative estimate of drug-likeness (QED) is 0.320. The van der Waals surface area contributed by atoms with Crippen LogP contribution in [0.25, 0.3) is 10.1 Å². The summed E-state index contributed by atoms with van der Waals surface area (Å²) in [6.07, 6.45) is -0.843. The number of carbonyl (C=O) groups is 2. The molecule has 0 spiro atoms. The molecule has 3 N–H and O–H groups in total. The number of carboxylic acids is 2. The van der Waals surface area contributed by atoms with E-state index in [0.717, 1.165) is 36.9 Å². The largest absolute Gasteiger partial charge is 0.481 e. The molecular formula is C25H30F3N3O8S. The highest BCUT2D eigenvalue weighted by Crippen LogP contribution is 2.39. The van der Waals surface area contributed by atoms with Gasteiger partial charge in [0.15, 0.2) is 11.5 Å². The number of nitrogens with zero attached hydrogens (tertiary/aromatic N) is 3. The molecule has 1 atom stereocenters. The summed E-state index contributed by atoms with van der Waals surface area (Å²) in [5.41, 5.74) is -2.48. The summed E-state index contributed by atoms with van der Waals surface area (Å²) >= 11 is 1.02. The van der Waals surface area contributed by atoms with Crippen LogP contribution in [-0.2, 0) is 15.8 Å². The number of aliphatic hydroxyl groups is 1. The molecule has 1 saturated heterocycles. The second kappa shape index (κ2) is 13.4. The van der Waals surface area contributed by atoms with Gasteiger partial charge in [-0.15, -0.1) is 11.3 Å². The van der Waals surface area contributed by atoms with Crippen molar-refractivity contribution in [2.45, 2.75) is 50.8 Å². The maximum atomic E-state index is 13.1. The summed E-state index contributed by atoms with van der Waals surface area (Å²) in [6, 6.07) is 2.55. The number of nitro benzene ring substituents is 1. The Balaban J connectivity index is 0.000000424. The third-order valence-electron chi connectivity index (χ3n) is 6.90. The van der Waals surface area contributed by atoms with Crippen LogP contribution >= 0.6 is 11.3 Å². The number of alkyl halides is 3. The van der Waals surface area contributed by atoms with Crippen molar-refractivity contribution in [1.82, 2.24) is 4.90 Å². The van der Waals surface area contributed by atoms with E-state index < -0.39 is 52.2 Å². The molecule has 0 bridgehead atoms. The summed E-state index contributed by atoms with van der Waals surface area (Å²) in [4.78, 5) is 47.0. The Labute approximate surface area is 230 Å². The smallest absolute Gasteiger partial charge is 0.416 e. The van der Waals surface area contributed by atoms with Gasteiger partial charge >= 0.3 is 18.1 Å². The van der Waals surface area contributed by atoms with Crippen molar-refractivity contribution in [3.8, 4) is 0 Å². The molecule has 220 valence electrons. The number of halogens is 3. The molecule has 40 heavy (non-hydrogen) atoms. The molecule has 0 radical (unpaired) electrons. The summed E-state index contributed by atoms with van der Waals surface area (Å²) < 4.78 is 39.4. The molecule has 1 saturated carbocycles. The van der Waals surface area contributed by atoms with Crippen LogP contribution in [0.4, 0.5) is 23.9 Å². The molecule has 15 heteroatoms. The Hall–Kier alpha value is -3.30. The van der Waals surface area contributed by atoms with Gasteiger partial charge in [-0.1, -0.05) is 19.3 Å². The molecular weight excluding hydrogens is 559 g/mol. The van der Waals surface area contributed by atoms with Gasteiger partial charge in [-0.2, -0.15) is 13.2 Å². The highest BCUT2D eigenvalue weighted by molar-refractivity contribution is 7.22. The highest BCUT2D eigenvalue weighted by atomic mass is 32.1. The van der Waals surface area contributed by atoms with Gasteiger partial charge in [-0.3, -0.25) is 24.6 Å². The minimum Gasteiger partial charge on any atom is -0.481 e. The number of hydrogen-bond donors (Lipinski definition) is 3. The van der Waals surface area contributed by atoms with Crippen molar-refractivity contribution in [2.24, 2.45) is 5.92 Å². The van der Waals surface area contributed by atoms with E-state index >= 15 is 0 Å². The monoisotopic (exact) mass is 589 g/mol. The third kappa shape index (κ3) is 8.35. The first-order valence-electron chi connectivity index (χ1n) is 12.7. The van der Waals surface area contributed by atoms with Gasteiger partial charge < -0.3 is 20.2 Å². The summed E-state index contributed by atoms with van der Waals surface area (Å²) in [6.45, 7) is 4.12. The van der Waals surface area contributed by atoms with Crippen LogP contribution in [0.2, 0.25) is 0 Å². The molecule has 11 nitrogen and oxygen atoms in total. The number of aliphatic hydroxyl groups excluding tert-OH is 1. The number of aliphatic carboxylic acids is 2. The van der Waals surface area contributed by atoms with Crippen molar-refractivity contribution >= 4 is 44.1 Å². The standard InChI is InChI=1S/C21H24F3N3O3S.C4H6O5/c22-21(23,24)15-10-16-18(28)12-19(31-20(16)17(11-15)27(29)30)26-8-6-25(7-9-26)13-14-4-2-1-3-5-14;5-2(4(8)9)1-3(6)7/h10-12,14H,1-9,13H2;2,5H,1H2,(H,6,7)(H,8,9)/t;2-/m.0/s1. The van der Waals surface area contributed by atoms with Crippen LogP contribution in [0.1, 0.15) is 44.1 Å². The van der Waals surface area contributed by atoms with Gasteiger partial charge in [0.2, 0.25) is 0 Å². The number of rotatable bonds is 7. The maximum Gasteiger partial charge on any atom is 0.416 e. The lowest BCUT2D eigenvalue weighted by molar-refractivity contribution is -0.383. The number of non-ortho nitro benzene ring substituents is 1. The van der Waals surface area contributed by atoms with Crippen LogP contribution in [0.15, 0.2) is 23.0 Å². The van der Waals surface area contributed by atoms with Gasteiger partial charge in [0.1, 0.15) is 4.70 Å². The van der Waals surface area contributed by atoms with E-state index in [0.29, 0.717) is 30.2 Å². The van der Waals surface area contributed by atoms with Crippen molar-refractivity contribution in [1.29, 1.82) is 0 Å². The van der Waals surface area contributed by atoms with Gasteiger partial charge in [0.25, 0.3) is 5.69 Å². The molecule has 2 aliphatic rings. The summed E-state index contributed by atoms with van der Waals surface area (Å²) in [5, 5.41) is 35.9. The molecule has 2 heterocycles. The molecule has 1 aliphatic carbocycles. The number of piperazine rings is 1. The summed E-state index contributed by atoms with van der Waals surface area (Å²) in [7, 11) is 0. The molecule has 1 aliphatic heterocycles. The SMILES string of the molecule is O=C(O)C[C@H](O)C(=O)O.O=c1cc(N2CCN(CC3CCCCC3)CC2)sc2c([N+](=O)[O-])cc(C(F)(F)F)cc12. The Bertz CT molecular complexity index is 1290. The van der Waals surface area contributed by atoms with Crippen molar-refractivity contribution in [3.05, 3.63) is 44.1 Å². The number of anilines is 1. The molecule has 2 fully saturated rings. The predicted octanol–water partition coefficient (Wildman–Crippen LogP) is 3.80. The number of fused-ring (bicyclic) bond motifs is 1. The first kappa shape index (κ1) is 31.2. The van der Waals surface area contributed by atoms with Gasteiger partial charge in [0.05, 0.1) is 21.9 Å². The molecule has 2 aromatic rings. The average molecular weight is 590 g/mol. The van der Waals surface area contributed by atoms with E-state index in [1.807, 2.05) is 4.90 Å². The summed E-state index contributed by atoms with van der Waals surface area (Å²) in [5.74, 6) is -2.11. The molecule has 4 rings (SSSR count). The topological polar surface area (TPSA) is 162 Å². The highest BCUT2D eigenvalue weighted by Gasteiger charge is 2.34. The fourth-order valence-corrected chi connectivity index (χ4v) is 6.02. The van der Waals surface area contributed by atoms with Crippen molar-refractivity contribution in [2.75, 3.05) is 37.6 Å². The zero-order chi connectivity index (χ0) is 29.6. The molecule has 1 aromatic carbocycles. The van der Waals surface area contributed by atoms with E-state index in [1.165, 1.54) is 38.2 Å². The Morgan fingerprint density at radius 3 is 2.20 bits per heavy atom. The first-order chi connectivity index (χ1) is 18.8. The number of hydrogen-bond acceptors (Lipinski definition) is 9. The van der Waals surface area contributed by atoms with E-state index in [-0.39, 0.29) is 10.1 Å². The fourth-order valence-electron chi connectivity index (χ4n) is 4.82. The first-order valence-corrected chi connectivity index (χ1v) is 13.5. The average Bonchev–Trinajstić information content (AvgIpc) is 2.88. The van der Waals surface area contributed by atoms with Crippen LogP contribution in [0.5, 0.6) is 0 Å². The Kier molecular flexibility index (Phi) is 10.4. The number of benzene rings is 1. The lowest BCUT2D eigenvalue weighted by atomic mass is 9.89.